The lowest BCUT2D eigenvalue weighted by Crippen LogP contribution is -2.43. The molecule has 0 saturated carbocycles. The lowest BCUT2D eigenvalue weighted by atomic mass is 9.74. The number of nitrogens with one attached hydrogen (secondary N) is 1. The average Bonchev–Trinajstić information content (AvgIpc) is 3.42. The normalized spacial score (nSPS) is 17.6. The van der Waals surface area contributed by atoms with Gasteiger partial charge in [-0.15, -0.1) is 0 Å². The lowest BCUT2D eigenvalue weighted by Gasteiger charge is -2.28. The van der Waals surface area contributed by atoms with Crippen LogP contribution in [0.15, 0.2) is 60.9 Å². The number of carbonyl (C=O) groups is 3. The number of benzene rings is 2. The van der Waals surface area contributed by atoms with Gasteiger partial charge in [0.15, 0.2) is 0 Å². The molecule has 0 spiro atoms. The van der Waals surface area contributed by atoms with Crippen molar-refractivity contribution in [3.8, 4) is 5.69 Å². The number of carbonyl (C=O) groups excluding carboxylic acids is 3. The van der Waals surface area contributed by atoms with Crippen LogP contribution < -0.4 is 5.32 Å². The second-order valence-electron chi connectivity index (χ2n) is 9.30. The molecule has 4 rings (SSSR count). The number of imide groups is 1. The van der Waals surface area contributed by atoms with Gasteiger partial charge in [0.1, 0.15) is 0 Å². The molecule has 1 N–H and O–H groups in total. The zero-order chi connectivity index (χ0) is 25.7. The Kier molecular flexibility index (Phi) is 7.64. The van der Waals surface area contributed by atoms with Gasteiger partial charge >= 0.3 is 0 Å². The van der Waals surface area contributed by atoms with Gasteiger partial charge in [-0.25, -0.2) is 4.68 Å². The second kappa shape index (κ2) is 10.9. The van der Waals surface area contributed by atoms with E-state index in [2.05, 4.69) is 10.4 Å². The Labute approximate surface area is 211 Å². The Hall–Kier alpha value is -3.78. The zero-order valence-electron chi connectivity index (χ0n) is 21.0. The first kappa shape index (κ1) is 25.3. The van der Waals surface area contributed by atoms with Gasteiger partial charge in [-0.1, -0.05) is 42.5 Å². The highest BCUT2D eigenvalue weighted by atomic mass is 16.5. The van der Waals surface area contributed by atoms with Gasteiger partial charge in [0.05, 0.1) is 17.3 Å². The van der Waals surface area contributed by atoms with Gasteiger partial charge in [-0.2, -0.15) is 5.10 Å². The molecule has 188 valence electrons. The summed E-state index contributed by atoms with van der Waals surface area (Å²) in [5.74, 6) is -0.867. The maximum atomic E-state index is 13.7. The maximum absolute atomic E-state index is 13.7. The van der Waals surface area contributed by atoms with Crippen molar-refractivity contribution in [1.82, 2.24) is 20.0 Å². The number of amides is 3. The van der Waals surface area contributed by atoms with Crippen molar-refractivity contribution < 1.29 is 19.1 Å². The molecule has 0 bridgehead atoms. The van der Waals surface area contributed by atoms with E-state index in [0.717, 1.165) is 27.9 Å². The molecule has 8 nitrogen and oxygen atoms in total. The molecule has 8 heteroatoms. The topological polar surface area (TPSA) is 93.5 Å². The molecular weight excluding hydrogens is 456 g/mol. The number of ether oxygens (including phenoxy) is 1. The predicted molar refractivity (Wildman–Crippen MR) is 135 cm³/mol. The molecule has 3 amide bonds. The maximum Gasteiger partial charge on any atom is 0.240 e. The molecule has 2 aromatic carbocycles. The van der Waals surface area contributed by atoms with Crippen LogP contribution in [0, 0.1) is 13.8 Å². The van der Waals surface area contributed by atoms with E-state index in [1.165, 1.54) is 4.90 Å². The third kappa shape index (κ3) is 5.09. The highest BCUT2D eigenvalue weighted by Gasteiger charge is 2.53. The minimum absolute atomic E-state index is 0.0255. The summed E-state index contributed by atoms with van der Waals surface area (Å²) in [5.41, 5.74) is 3.29. The van der Waals surface area contributed by atoms with E-state index < -0.39 is 5.41 Å². The monoisotopic (exact) mass is 488 g/mol. The summed E-state index contributed by atoms with van der Waals surface area (Å²) < 4.78 is 6.86. The average molecular weight is 489 g/mol. The first-order chi connectivity index (χ1) is 17.4. The minimum Gasteiger partial charge on any atom is -0.385 e. The van der Waals surface area contributed by atoms with Gasteiger partial charge in [-0.05, 0) is 43.0 Å². The molecular formula is C28H32N4O4. The van der Waals surface area contributed by atoms with Crippen LogP contribution in [0.4, 0.5) is 0 Å². The van der Waals surface area contributed by atoms with E-state index in [1.54, 1.807) is 18.0 Å². The summed E-state index contributed by atoms with van der Waals surface area (Å²) in [5, 5.41) is 7.35. The molecule has 1 aliphatic heterocycles. The fourth-order valence-corrected chi connectivity index (χ4v) is 4.89. The smallest absolute Gasteiger partial charge is 0.240 e. The number of rotatable bonds is 10. The van der Waals surface area contributed by atoms with Crippen LogP contribution in [0.3, 0.4) is 0 Å². The quantitative estimate of drug-likeness (QED) is 0.349. The third-order valence-corrected chi connectivity index (χ3v) is 6.75. The van der Waals surface area contributed by atoms with Crippen LogP contribution in [0.25, 0.3) is 5.69 Å². The van der Waals surface area contributed by atoms with Gasteiger partial charge in [0.25, 0.3) is 0 Å². The largest absolute Gasteiger partial charge is 0.385 e. The van der Waals surface area contributed by atoms with Crippen molar-refractivity contribution in [2.24, 2.45) is 0 Å². The van der Waals surface area contributed by atoms with Crippen molar-refractivity contribution in [2.75, 3.05) is 20.3 Å². The minimum atomic E-state index is -1.22. The number of para-hydroxylation sites is 1. The fraction of sp³-hybridized carbons (Fsp3) is 0.357. The fourth-order valence-electron chi connectivity index (χ4n) is 4.89. The Bertz CT molecular complexity index is 1270. The van der Waals surface area contributed by atoms with E-state index in [9.17, 15) is 14.4 Å². The van der Waals surface area contributed by atoms with E-state index in [-0.39, 0.29) is 43.7 Å². The first-order valence-electron chi connectivity index (χ1n) is 12.1. The highest BCUT2D eigenvalue weighted by Crippen LogP contribution is 2.41. The van der Waals surface area contributed by atoms with E-state index >= 15 is 0 Å². The Morgan fingerprint density at radius 3 is 2.53 bits per heavy atom. The molecule has 36 heavy (non-hydrogen) atoms. The summed E-state index contributed by atoms with van der Waals surface area (Å²) in [7, 11) is 1.58. The molecule has 1 atom stereocenters. The third-order valence-electron chi connectivity index (χ3n) is 6.75. The molecule has 0 aliphatic carbocycles. The predicted octanol–water partition coefficient (Wildman–Crippen LogP) is 3.23. The van der Waals surface area contributed by atoms with Crippen LogP contribution in [0.1, 0.15) is 41.5 Å². The summed E-state index contributed by atoms with van der Waals surface area (Å²) in [6.45, 7) is 4.92. The van der Waals surface area contributed by atoms with Crippen LogP contribution in [-0.2, 0) is 31.1 Å². The summed E-state index contributed by atoms with van der Waals surface area (Å²) >= 11 is 0. The molecule has 1 fully saturated rings. The van der Waals surface area contributed by atoms with Crippen LogP contribution in [0.2, 0.25) is 0 Å². The SMILES string of the molecule is COCCCN1C(=O)C[C@](CC(=O)NCc2cnn(-c3ccccc3C)c2)(c2ccccc2C)C1=O. The van der Waals surface area contributed by atoms with Crippen molar-refractivity contribution in [3.05, 3.63) is 83.2 Å². The second-order valence-corrected chi connectivity index (χ2v) is 9.30. The van der Waals surface area contributed by atoms with Gasteiger partial charge < -0.3 is 10.1 Å². The molecule has 1 aliphatic rings. The van der Waals surface area contributed by atoms with Crippen molar-refractivity contribution in [3.63, 3.8) is 0 Å². The Morgan fingerprint density at radius 1 is 1.08 bits per heavy atom. The number of hydrogen-bond acceptors (Lipinski definition) is 5. The highest BCUT2D eigenvalue weighted by molar-refractivity contribution is 6.10. The molecule has 3 aromatic rings. The van der Waals surface area contributed by atoms with E-state index in [4.69, 9.17) is 4.74 Å². The first-order valence-corrected chi connectivity index (χ1v) is 12.1. The summed E-state index contributed by atoms with van der Waals surface area (Å²) in [4.78, 5) is 41.0. The summed E-state index contributed by atoms with van der Waals surface area (Å²) in [6.07, 6.45) is 4.01. The van der Waals surface area contributed by atoms with Crippen LogP contribution in [-0.4, -0.2) is 52.7 Å². The summed E-state index contributed by atoms with van der Waals surface area (Å²) in [6, 6.07) is 15.4. The number of aryl methyl sites for hydroxylation is 2. The lowest BCUT2D eigenvalue weighted by molar-refractivity contribution is -0.141. The molecule has 1 saturated heterocycles. The molecule has 0 radical (unpaired) electrons. The number of hydrogen-bond donors (Lipinski definition) is 1. The number of nitrogens with zero attached hydrogens (tertiary/aromatic N) is 3. The molecule has 2 heterocycles. The van der Waals surface area contributed by atoms with E-state index in [1.807, 2.05) is 68.6 Å². The Balaban J connectivity index is 1.51. The van der Waals surface area contributed by atoms with Gasteiger partial charge in [-0.3, -0.25) is 19.3 Å². The van der Waals surface area contributed by atoms with Crippen LogP contribution >= 0.6 is 0 Å². The Morgan fingerprint density at radius 2 is 1.81 bits per heavy atom. The van der Waals surface area contributed by atoms with Crippen molar-refractivity contribution in [2.45, 2.75) is 45.1 Å². The van der Waals surface area contributed by atoms with Crippen molar-refractivity contribution in [1.29, 1.82) is 0 Å². The standard InChI is InChI=1S/C28H32N4O4/c1-20-9-4-6-11-23(20)28(16-26(34)31(27(28)35)13-8-14-36-3)15-25(33)29-17-22-18-30-32(19-22)24-12-7-5-10-21(24)2/h4-7,9-12,18-19H,8,13-17H2,1-3H3,(H,29,33)/t28-/m1/s1. The zero-order valence-corrected chi connectivity index (χ0v) is 21.0. The van der Waals surface area contributed by atoms with E-state index in [0.29, 0.717) is 13.0 Å². The molecule has 1 aromatic heterocycles. The molecule has 0 unspecified atom stereocenters. The number of likely N-dealkylation sites (tertiary alicyclic amines) is 1. The van der Waals surface area contributed by atoms with Crippen molar-refractivity contribution >= 4 is 17.7 Å². The number of aromatic nitrogens is 2. The van der Waals surface area contributed by atoms with Gasteiger partial charge in [0, 0.05) is 51.4 Å². The van der Waals surface area contributed by atoms with Gasteiger partial charge in [0.2, 0.25) is 17.7 Å². The number of methoxy groups -OCH3 is 1. The van der Waals surface area contributed by atoms with Crippen LogP contribution in [0.5, 0.6) is 0 Å².